The Balaban J connectivity index is 2.06. The third-order valence-electron chi connectivity index (χ3n) is 4.49. The predicted molar refractivity (Wildman–Crippen MR) is 93.8 cm³/mol. The van der Waals surface area contributed by atoms with E-state index in [2.05, 4.69) is 10.1 Å². The summed E-state index contributed by atoms with van der Waals surface area (Å²) >= 11 is 0. The lowest BCUT2D eigenvalue weighted by Crippen LogP contribution is -2.15. The lowest BCUT2D eigenvalue weighted by Gasteiger charge is -2.19. The highest BCUT2D eigenvalue weighted by molar-refractivity contribution is 5.90. The van der Waals surface area contributed by atoms with Crippen LogP contribution in [0.1, 0.15) is 28.8 Å². The fourth-order valence-corrected chi connectivity index (χ4v) is 2.86. The Kier molecular flexibility index (Phi) is 4.99. The summed E-state index contributed by atoms with van der Waals surface area (Å²) in [5, 5.41) is 2.93. The fraction of sp³-hybridized carbons (Fsp3) is 0.316. The van der Waals surface area contributed by atoms with Crippen molar-refractivity contribution in [1.82, 2.24) is 0 Å². The normalized spacial score (nSPS) is 14.1. The number of nitrogen functional groups attached to an aromatic ring is 1. The number of ether oxygens (including phenoxy) is 1. The van der Waals surface area contributed by atoms with Crippen molar-refractivity contribution in [3.05, 3.63) is 47.3 Å². The van der Waals surface area contributed by atoms with Gasteiger partial charge in [0, 0.05) is 12.1 Å². The number of hydrogen-bond acceptors (Lipinski definition) is 4. The zero-order valence-corrected chi connectivity index (χ0v) is 14.5. The molecule has 1 fully saturated rings. The van der Waals surface area contributed by atoms with E-state index in [1.54, 1.807) is 0 Å². The van der Waals surface area contributed by atoms with Gasteiger partial charge in [-0.15, -0.1) is 0 Å². The van der Waals surface area contributed by atoms with Crippen LogP contribution in [0.25, 0.3) is 11.1 Å². The second-order valence-electron chi connectivity index (χ2n) is 6.46. The first-order valence-corrected chi connectivity index (χ1v) is 8.34. The molecule has 0 aromatic heterocycles. The monoisotopic (exact) mass is 382 g/mol. The van der Waals surface area contributed by atoms with Gasteiger partial charge in [-0.2, -0.15) is 13.2 Å². The third kappa shape index (κ3) is 3.99. The van der Waals surface area contributed by atoms with Gasteiger partial charge in [0.05, 0.1) is 29.6 Å². The minimum absolute atomic E-state index is 0.0944. The quantitative estimate of drug-likeness (QED) is 0.447. The molecule has 0 amide bonds. The SMILES string of the molecule is COC(=O)c1ccc(-c2ccc(NCC3CC3)c(N)c2C(F)(F)F)c(F)c1. The van der Waals surface area contributed by atoms with Crippen LogP contribution in [0.3, 0.4) is 0 Å². The number of esters is 1. The molecular weight excluding hydrogens is 364 g/mol. The largest absolute Gasteiger partial charge is 0.465 e. The Morgan fingerprint density at radius 2 is 1.89 bits per heavy atom. The lowest BCUT2D eigenvalue weighted by molar-refractivity contribution is -0.136. The first-order chi connectivity index (χ1) is 12.7. The van der Waals surface area contributed by atoms with Crippen LogP contribution in [0.2, 0.25) is 0 Å². The minimum Gasteiger partial charge on any atom is -0.465 e. The van der Waals surface area contributed by atoms with Gasteiger partial charge in [0.2, 0.25) is 0 Å². The molecular formula is C19H18F4N2O2. The number of alkyl halides is 3. The van der Waals surface area contributed by atoms with Crippen LogP contribution in [-0.4, -0.2) is 19.6 Å². The maximum absolute atomic E-state index is 14.5. The van der Waals surface area contributed by atoms with Gasteiger partial charge in [-0.3, -0.25) is 0 Å². The Morgan fingerprint density at radius 1 is 1.22 bits per heavy atom. The van der Waals surface area contributed by atoms with Gasteiger partial charge in [-0.25, -0.2) is 9.18 Å². The molecule has 0 bridgehead atoms. The zero-order valence-electron chi connectivity index (χ0n) is 14.5. The second-order valence-corrected chi connectivity index (χ2v) is 6.46. The van der Waals surface area contributed by atoms with Crippen molar-refractivity contribution < 1.29 is 27.1 Å². The van der Waals surface area contributed by atoms with E-state index in [1.807, 2.05) is 0 Å². The highest BCUT2D eigenvalue weighted by Crippen LogP contribution is 2.44. The molecule has 8 heteroatoms. The summed E-state index contributed by atoms with van der Waals surface area (Å²) in [6, 6.07) is 5.76. The smallest absolute Gasteiger partial charge is 0.419 e. The van der Waals surface area contributed by atoms with Crippen LogP contribution < -0.4 is 11.1 Å². The highest BCUT2D eigenvalue weighted by atomic mass is 19.4. The summed E-state index contributed by atoms with van der Waals surface area (Å²) in [5.41, 5.74) is 3.60. The molecule has 3 rings (SSSR count). The van der Waals surface area contributed by atoms with E-state index in [0.29, 0.717) is 12.5 Å². The molecule has 2 aromatic carbocycles. The average Bonchev–Trinajstić information content (AvgIpc) is 3.43. The molecule has 0 heterocycles. The zero-order chi connectivity index (χ0) is 19.8. The number of carbonyl (C=O) groups is 1. The van der Waals surface area contributed by atoms with Gasteiger partial charge in [0.25, 0.3) is 0 Å². The number of anilines is 2. The first kappa shape index (κ1) is 19.0. The van der Waals surface area contributed by atoms with E-state index >= 15 is 0 Å². The second kappa shape index (κ2) is 7.09. The van der Waals surface area contributed by atoms with Gasteiger partial charge < -0.3 is 15.8 Å². The van der Waals surface area contributed by atoms with E-state index in [9.17, 15) is 22.4 Å². The van der Waals surface area contributed by atoms with Crippen molar-refractivity contribution in [2.45, 2.75) is 19.0 Å². The van der Waals surface area contributed by atoms with Crippen molar-refractivity contribution in [3.8, 4) is 11.1 Å². The van der Waals surface area contributed by atoms with E-state index in [1.165, 1.54) is 18.2 Å². The summed E-state index contributed by atoms with van der Waals surface area (Å²) < 4.78 is 60.0. The molecule has 0 radical (unpaired) electrons. The van der Waals surface area contributed by atoms with Gasteiger partial charge in [-0.1, -0.05) is 12.1 Å². The van der Waals surface area contributed by atoms with Crippen molar-refractivity contribution in [2.24, 2.45) is 5.92 Å². The molecule has 3 N–H and O–H groups in total. The van der Waals surface area contributed by atoms with E-state index in [4.69, 9.17) is 5.73 Å². The Morgan fingerprint density at radius 3 is 2.44 bits per heavy atom. The first-order valence-electron chi connectivity index (χ1n) is 8.34. The maximum Gasteiger partial charge on any atom is 0.419 e. The molecule has 0 saturated heterocycles. The summed E-state index contributed by atoms with van der Waals surface area (Å²) in [6.07, 6.45) is -2.70. The maximum atomic E-state index is 14.5. The Bertz CT molecular complexity index is 877. The number of benzene rings is 2. The molecule has 0 aliphatic heterocycles. The minimum atomic E-state index is -4.77. The van der Waals surface area contributed by atoms with Crippen LogP contribution >= 0.6 is 0 Å². The van der Waals surface area contributed by atoms with E-state index < -0.39 is 29.2 Å². The molecule has 2 aromatic rings. The van der Waals surface area contributed by atoms with Crippen molar-refractivity contribution in [2.75, 3.05) is 24.7 Å². The van der Waals surface area contributed by atoms with E-state index in [-0.39, 0.29) is 22.4 Å². The molecule has 0 atom stereocenters. The van der Waals surface area contributed by atoms with Crippen LogP contribution in [0, 0.1) is 11.7 Å². The van der Waals surface area contributed by atoms with Gasteiger partial charge >= 0.3 is 12.1 Å². The van der Waals surface area contributed by atoms with Gasteiger partial charge in [0.15, 0.2) is 0 Å². The summed E-state index contributed by atoms with van der Waals surface area (Å²) in [7, 11) is 1.13. The Hall–Kier alpha value is -2.77. The standard InChI is InChI=1S/C19H18F4N2O2/c1-27-18(26)11-4-5-12(14(20)8-11)13-6-7-15(25-9-10-2-3-10)17(24)16(13)19(21,22)23/h4-8,10,25H,2-3,9,24H2,1H3. The van der Waals surface area contributed by atoms with Crippen LogP contribution in [0.5, 0.6) is 0 Å². The molecule has 144 valence electrons. The molecule has 1 aliphatic rings. The van der Waals surface area contributed by atoms with Crippen LogP contribution in [0.15, 0.2) is 30.3 Å². The molecule has 27 heavy (non-hydrogen) atoms. The number of methoxy groups -OCH3 is 1. The van der Waals surface area contributed by atoms with Crippen molar-refractivity contribution in [1.29, 1.82) is 0 Å². The summed E-state index contributed by atoms with van der Waals surface area (Å²) in [6.45, 7) is 0.545. The lowest BCUT2D eigenvalue weighted by atomic mass is 9.95. The number of hydrogen-bond donors (Lipinski definition) is 2. The van der Waals surface area contributed by atoms with Crippen LogP contribution in [0.4, 0.5) is 28.9 Å². The fourth-order valence-electron chi connectivity index (χ4n) is 2.86. The summed E-state index contributed by atoms with van der Waals surface area (Å²) in [5.74, 6) is -1.31. The number of carbonyl (C=O) groups excluding carboxylic acids is 1. The molecule has 1 saturated carbocycles. The highest BCUT2D eigenvalue weighted by Gasteiger charge is 2.38. The number of nitrogens with two attached hydrogens (primary N) is 1. The predicted octanol–water partition coefficient (Wildman–Crippen LogP) is 4.70. The van der Waals surface area contributed by atoms with Gasteiger partial charge in [-0.05, 0) is 42.5 Å². The Labute approximate surface area is 153 Å². The molecule has 4 nitrogen and oxygen atoms in total. The van der Waals surface area contributed by atoms with Crippen LogP contribution in [-0.2, 0) is 10.9 Å². The number of nitrogens with one attached hydrogen (secondary N) is 1. The topological polar surface area (TPSA) is 64.3 Å². The summed E-state index contributed by atoms with van der Waals surface area (Å²) in [4.78, 5) is 11.5. The number of rotatable bonds is 5. The number of halogens is 4. The molecule has 1 aliphatic carbocycles. The molecule has 0 spiro atoms. The average molecular weight is 382 g/mol. The van der Waals surface area contributed by atoms with Gasteiger partial charge in [0.1, 0.15) is 5.82 Å². The van der Waals surface area contributed by atoms with E-state index in [0.717, 1.165) is 32.1 Å². The van der Waals surface area contributed by atoms with Crippen molar-refractivity contribution in [3.63, 3.8) is 0 Å². The van der Waals surface area contributed by atoms with Crippen molar-refractivity contribution >= 4 is 17.3 Å². The molecule has 0 unspecified atom stereocenters. The third-order valence-corrected chi connectivity index (χ3v) is 4.49.